The van der Waals surface area contributed by atoms with E-state index < -0.39 is 5.95 Å². The van der Waals surface area contributed by atoms with Crippen molar-refractivity contribution >= 4 is 22.5 Å². The number of aryl methyl sites for hydroxylation is 1. The number of fused-ring (bicyclic) bond motifs is 1. The Balaban J connectivity index is 1.59. The molecule has 0 saturated carbocycles. The van der Waals surface area contributed by atoms with Crippen LogP contribution in [0.1, 0.15) is 16.8 Å². The number of aromatic nitrogens is 5. The number of methoxy groups -OCH3 is 1. The minimum Gasteiger partial charge on any atom is -0.480 e. The second-order valence-electron chi connectivity index (χ2n) is 6.06. The Bertz CT molecular complexity index is 1090. The van der Waals surface area contributed by atoms with Crippen molar-refractivity contribution in [3.05, 3.63) is 65.8 Å². The van der Waals surface area contributed by atoms with Crippen LogP contribution in [0, 0.1) is 12.9 Å². The van der Waals surface area contributed by atoms with Crippen LogP contribution in [0.15, 0.2) is 43.0 Å². The van der Waals surface area contributed by atoms with Crippen molar-refractivity contribution in [1.29, 1.82) is 0 Å². The van der Waals surface area contributed by atoms with Crippen LogP contribution < -0.4 is 10.1 Å². The van der Waals surface area contributed by atoms with Crippen LogP contribution in [-0.2, 0) is 6.42 Å². The number of hydrogen-bond donors (Lipinski definition) is 2. The van der Waals surface area contributed by atoms with Gasteiger partial charge < -0.3 is 15.0 Å². The SMILES string of the molecule is COc1ncnc2[nH]cc(Cc3ccc(Nc4ccc(C)nc4)nc3F)c12. The smallest absolute Gasteiger partial charge is 0.226 e. The van der Waals surface area contributed by atoms with E-state index in [9.17, 15) is 4.39 Å². The van der Waals surface area contributed by atoms with Gasteiger partial charge in [-0.1, -0.05) is 6.07 Å². The molecule has 4 aromatic heterocycles. The molecule has 136 valence electrons. The van der Waals surface area contributed by atoms with Gasteiger partial charge in [0.15, 0.2) is 0 Å². The van der Waals surface area contributed by atoms with Crippen LogP contribution in [0.5, 0.6) is 5.88 Å². The lowest BCUT2D eigenvalue weighted by atomic mass is 10.1. The Hall–Kier alpha value is -3.55. The van der Waals surface area contributed by atoms with Crippen molar-refractivity contribution in [2.75, 3.05) is 12.4 Å². The van der Waals surface area contributed by atoms with Gasteiger partial charge in [0.2, 0.25) is 11.8 Å². The summed E-state index contributed by atoms with van der Waals surface area (Å²) in [7, 11) is 1.54. The van der Waals surface area contributed by atoms with E-state index in [1.807, 2.05) is 19.1 Å². The zero-order valence-corrected chi connectivity index (χ0v) is 14.8. The summed E-state index contributed by atoms with van der Waals surface area (Å²) < 4.78 is 19.8. The molecule has 0 radical (unpaired) electrons. The van der Waals surface area contributed by atoms with E-state index in [0.717, 1.165) is 22.3 Å². The molecule has 0 aromatic carbocycles. The molecule has 0 aliphatic rings. The number of H-pyrrole nitrogens is 1. The van der Waals surface area contributed by atoms with E-state index in [1.54, 1.807) is 31.6 Å². The van der Waals surface area contributed by atoms with Gasteiger partial charge in [-0.2, -0.15) is 4.39 Å². The maximum absolute atomic E-state index is 14.6. The highest BCUT2D eigenvalue weighted by atomic mass is 19.1. The molecule has 2 N–H and O–H groups in total. The molecule has 0 bridgehead atoms. The fraction of sp³-hybridized carbons (Fsp3) is 0.158. The molecule has 27 heavy (non-hydrogen) atoms. The molecule has 0 spiro atoms. The third kappa shape index (κ3) is 3.41. The quantitative estimate of drug-likeness (QED) is 0.527. The van der Waals surface area contributed by atoms with Crippen molar-refractivity contribution in [2.24, 2.45) is 0 Å². The van der Waals surface area contributed by atoms with Crippen LogP contribution in [-0.4, -0.2) is 32.0 Å². The number of rotatable bonds is 5. The summed E-state index contributed by atoms with van der Waals surface area (Å²) in [4.78, 5) is 19.6. The summed E-state index contributed by atoms with van der Waals surface area (Å²) in [5.74, 6) is 0.335. The molecule has 4 heterocycles. The molecule has 0 amide bonds. The number of nitrogens with zero attached hydrogens (tertiary/aromatic N) is 4. The maximum Gasteiger partial charge on any atom is 0.226 e. The van der Waals surface area contributed by atoms with E-state index in [-0.39, 0.29) is 0 Å². The van der Waals surface area contributed by atoms with Gasteiger partial charge in [0, 0.05) is 23.9 Å². The topological polar surface area (TPSA) is 88.6 Å². The van der Waals surface area contributed by atoms with Gasteiger partial charge in [-0.3, -0.25) is 4.98 Å². The van der Waals surface area contributed by atoms with Crippen LogP contribution in [0.4, 0.5) is 15.9 Å². The van der Waals surface area contributed by atoms with E-state index in [2.05, 4.69) is 30.2 Å². The largest absolute Gasteiger partial charge is 0.480 e. The monoisotopic (exact) mass is 364 g/mol. The lowest BCUT2D eigenvalue weighted by Crippen LogP contribution is -2.01. The highest BCUT2D eigenvalue weighted by Gasteiger charge is 2.14. The molecule has 7 nitrogen and oxygen atoms in total. The number of anilines is 2. The van der Waals surface area contributed by atoms with Crippen molar-refractivity contribution < 1.29 is 9.13 Å². The van der Waals surface area contributed by atoms with E-state index in [0.29, 0.717) is 29.3 Å². The zero-order chi connectivity index (χ0) is 18.8. The van der Waals surface area contributed by atoms with E-state index in [1.165, 1.54) is 6.33 Å². The number of pyridine rings is 2. The van der Waals surface area contributed by atoms with Gasteiger partial charge in [0.05, 0.1) is 24.4 Å². The zero-order valence-electron chi connectivity index (χ0n) is 14.8. The average Bonchev–Trinajstić information content (AvgIpc) is 3.09. The Kier molecular flexibility index (Phi) is 4.37. The third-order valence-corrected chi connectivity index (χ3v) is 4.20. The molecule has 0 aliphatic carbocycles. The second-order valence-corrected chi connectivity index (χ2v) is 6.06. The third-order valence-electron chi connectivity index (χ3n) is 4.20. The van der Waals surface area contributed by atoms with Crippen LogP contribution in [0.2, 0.25) is 0 Å². The Morgan fingerprint density at radius 1 is 1.11 bits per heavy atom. The summed E-state index contributed by atoms with van der Waals surface area (Å²) in [6.07, 6.45) is 5.23. The first kappa shape index (κ1) is 16.9. The Morgan fingerprint density at radius 3 is 2.74 bits per heavy atom. The minimum absolute atomic E-state index is 0.342. The molecule has 0 aliphatic heterocycles. The molecule has 0 unspecified atom stereocenters. The predicted molar refractivity (Wildman–Crippen MR) is 99.7 cm³/mol. The molecule has 4 rings (SSSR count). The van der Waals surface area contributed by atoms with Crippen molar-refractivity contribution in [1.82, 2.24) is 24.9 Å². The molecule has 0 fully saturated rings. The highest BCUT2D eigenvalue weighted by molar-refractivity contribution is 5.85. The first-order chi connectivity index (χ1) is 13.1. The second kappa shape index (κ2) is 6.99. The van der Waals surface area contributed by atoms with Crippen molar-refractivity contribution in [2.45, 2.75) is 13.3 Å². The number of halogens is 1. The van der Waals surface area contributed by atoms with Crippen LogP contribution >= 0.6 is 0 Å². The average molecular weight is 364 g/mol. The predicted octanol–water partition coefficient (Wildman–Crippen LogP) is 3.54. The molecular formula is C19H17FN6O. The van der Waals surface area contributed by atoms with E-state index in [4.69, 9.17) is 4.74 Å². The number of aromatic amines is 1. The van der Waals surface area contributed by atoms with Crippen molar-refractivity contribution in [3.63, 3.8) is 0 Å². The van der Waals surface area contributed by atoms with Gasteiger partial charge in [-0.25, -0.2) is 15.0 Å². The first-order valence-corrected chi connectivity index (χ1v) is 8.34. The van der Waals surface area contributed by atoms with Crippen LogP contribution in [0.25, 0.3) is 11.0 Å². The summed E-state index contributed by atoms with van der Waals surface area (Å²) in [5.41, 5.74) is 3.61. The first-order valence-electron chi connectivity index (χ1n) is 8.34. The number of hydrogen-bond acceptors (Lipinski definition) is 6. The van der Waals surface area contributed by atoms with Crippen LogP contribution in [0.3, 0.4) is 0 Å². The lowest BCUT2D eigenvalue weighted by molar-refractivity contribution is 0.402. The minimum atomic E-state index is -0.537. The standard InChI is InChI=1S/C19H17FN6O/c1-11-3-5-14(9-21-11)25-15-6-4-12(17(20)26-15)7-13-8-22-18-16(13)19(27-2)24-10-23-18/h3-6,8-10H,7H2,1-2H3,(H,25,26)(H,22,23,24). The van der Waals surface area contributed by atoms with Crippen molar-refractivity contribution in [3.8, 4) is 5.88 Å². The Labute approximate surface area is 154 Å². The molecule has 0 saturated heterocycles. The fourth-order valence-electron chi connectivity index (χ4n) is 2.85. The van der Waals surface area contributed by atoms with Gasteiger partial charge in [0.25, 0.3) is 0 Å². The molecular weight excluding hydrogens is 347 g/mol. The summed E-state index contributed by atoms with van der Waals surface area (Å²) in [5, 5.41) is 3.79. The number of ether oxygens (including phenoxy) is 1. The summed E-state index contributed by atoms with van der Waals surface area (Å²) >= 11 is 0. The Morgan fingerprint density at radius 2 is 2.00 bits per heavy atom. The maximum atomic E-state index is 14.6. The molecule has 8 heteroatoms. The van der Waals surface area contributed by atoms with Gasteiger partial charge in [0.1, 0.15) is 17.8 Å². The fourth-order valence-corrected chi connectivity index (χ4v) is 2.85. The normalized spacial score (nSPS) is 10.9. The van der Waals surface area contributed by atoms with Gasteiger partial charge in [-0.15, -0.1) is 0 Å². The highest BCUT2D eigenvalue weighted by Crippen LogP contribution is 2.27. The molecule has 0 atom stereocenters. The molecule has 4 aromatic rings. The van der Waals surface area contributed by atoms with Gasteiger partial charge >= 0.3 is 0 Å². The summed E-state index contributed by atoms with van der Waals surface area (Å²) in [6.45, 7) is 1.90. The number of nitrogens with one attached hydrogen (secondary N) is 2. The lowest BCUT2D eigenvalue weighted by Gasteiger charge is -2.08. The van der Waals surface area contributed by atoms with E-state index >= 15 is 0 Å². The summed E-state index contributed by atoms with van der Waals surface area (Å²) in [6, 6.07) is 7.19. The van der Waals surface area contributed by atoms with Gasteiger partial charge in [-0.05, 0) is 30.7 Å².